The van der Waals surface area contributed by atoms with Crippen molar-refractivity contribution in [2.75, 3.05) is 12.4 Å². The molecule has 0 radical (unpaired) electrons. The second-order valence-corrected chi connectivity index (χ2v) is 6.47. The Morgan fingerprint density at radius 2 is 2.04 bits per heavy atom. The standard InChI is InChI=1S/C17H23ClN2O4/c1-6-7-13(20-16(22)24-17(2,3)4)15(21)19-11-8-9-12(18)14(10-11)23-5/h6,8-10,13H,1,7H2,2-5H3,(H,19,21)(H,20,22)/t13-/m0/s1. The average Bonchev–Trinajstić information content (AvgIpc) is 2.46. The minimum absolute atomic E-state index is 0.260. The van der Waals surface area contributed by atoms with E-state index in [-0.39, 0.29) is 6.42 Å². The van der Waals surface area contributed by atoms with Gasteiger partial charge in [-0.1, -0.05) is 17.7 Å². The molecule has 1 atom stereocenters. The maximum absolute atomic E-state index is 12.4. The molecule has 0 aromatic heterocycles. The number of hydrogen-bond donors (Lipinski definition) is 2. The molecule has 0 saturated carbocycles. The molecule has 0 saturated heterocycles. The van der Waals surface area contributed by atoms with E-state index in [1.54, 1.807) is 45.0 Å². The van der Waals surface area contributed by atoms with Gasteiger partial charge in [-0.2, -0.15) is 0 Å². The van der Waals surface area contributed by atoms with Crippen molar-refractivity contribution in [2.24, 2.45) is 0 Å². The molecule has 1 aromatic rings. The number of hydrogen-bond acceptors (Lipinski definition) is 4. The van der Waals surface area contributed by atoms with Crippen LogP contribution in [0.25, 0.3) is 0 Å². The summed E-state index contributed by atoms with van der Waals surface area (Å²) in [5, 5.41) is 5.67. The largest absolute Gasteiger partial charge is 0.495 e. The topological polar surface area (TPSA) is 76.7 Å². The molecule has 0 unspecified atom stereocenters. The summed E-state index contributed by atoms with van der Waals surface area (Å²) in [7, 11) is 1.48. The molecule has 0 fully saturated rings. The van der Waals surface area contributed by atoms with Gasteiger partial charge in [0.25, 0.3) is 0 Å². The Morgan fingerprint density at radius 3 is 2.58 bits per heavy atom. The number of anilines is 1. The van der Waals surface area contributed by atoms with Crippen LogP contribution in [0, 0.1) is 0 Å². The number of rotatable bonds is 6. The summed E-state index contributed by atoms with van der Waals surface area (Å²) in [5.41, 5.74) is -0.149. The van der Waals surface area contributed by atoms with E-state index >= 15 is 0 Å². The van der Waals surface area contributed by atoms with Crippen molar-refractivity contribution in [1.82, 2.24) is 5.32 Å². The van der Waals surface area contributed by atoms with Gasteiger partial charge in [0.2, 0.25) is 5.91 Å². The van der Waals surface area contributed by atoms with E-state index in [1.165, 1.54) is 7.11 Å². The fourth-order valence-corrected chi connectivity index (χ4v) is 2.01. The van der Waals surface area contributed by atoms with Gasteiger partial charge in [0.1, 0.15) is 17.4 Å². The lowest BCUT2D eigenvalue weighted by atomic mass is 10.2. The van der Waals surface area contributed by atoms with Gasteiger partial charge >= 0.3 is 6.09 Å². The molecule has 6 nitrogen and oxygen atoms in total. The summed E-state index contributed by atoms with van der Waals surface area (Å²) in [6.07, 6.45) is 1.14. The van der Waals surface area contributed by atoms with Gasteiger partial charge in [-0.25, -0.2) is 4.79 Å². The predicted molar refractivity (Wildman–Crippen MR) is 94.6 cm³/mol. The first-order valence-electron chi connectivity index (χ1n) is 7.41. The maximum Gasteiger partial charge on any atom is 0.408 e. The molecule has 0 aliphatic heterocycles. The lowest BCUT2D eigenvalue weighted by Gasteiger charge is -2.23. The number of carbonyl (C=O) groups excluding carboxylic acids is 2. The van der Waals surface area contributed by atoms with Gasteiger partial charge in [-0.15, -0.1) is 6.58 Å². The molecule has 0 aliphatic rings. The van der Waals surface area contributed by atoms with Crippen LogP contribution in [0.4, 0.5) is 10.5 Å². The van der Waals surface area contributed by atoms with Crippen LogP contribution in [0.1, 0.15) is 27.2 Å². The van der Waals surface area contributed by atoms with Crippen LogP contribution in [0.5, 0.6) is 5.75 Å². The third kappa shape index (κ3) is 6.50. The Kier molecular flexibility index (Phi) is 7.10. The van der Waals surface area contributed by atoms with E-state index in [1.807, 2.05) is 0 Å². The number of alkyl carbamates (subject to hydrolysis) is 1. The number of ether oxygens (including phenoxy) is 2. The summed E-state index contributed by atoms with van der Waals surface area (Å²) >= 11 is 5.95. The second-order valence-electron chi connectivity index (χ2n) is 6.06. The van der Waals surface area contributed by atoms with Crippen LogP contribution in [0.15, 0.2) is 30.9 Å². The quantitative estimate of drug-likeness (QED) is 0.762. The van der Waals surface area contributed by atoms with Crippen molar-refractivity contribution >= 4 is 29.3 Å². The first-order chi connectivity index (χ1) is 11.2. The highest BCUT2D eigenvalue weighted by Gasteiger charge is 2.23. The van der Waals surface area contributed by atoms with Crippen LogP contribution in [0.3, 0.4) is 0 Å². The van der Waals surface area contributed by atoms with Gasteiger partial charge in [0, 0.05) is 11.8 Å². The number of methoxy groups -OCH3 is 1. The monoisotopic (exact) mass is 354 g/mol. The molecule has 1 aromatic carbocycles. The summed E-state index contributed by atoms with van der Waals surface area (Å²) in [6, 6.07) is 4.04. The summed E-state index contributed by atoms with van der Waals surface area (Å²) in [6.45, 7) is 8.84. The number of amides is 2. The highest BCUT2D eigenvalue weighted by Crippen LogP contribution is 2.27. The number of halogens is 1. The molecule has 0 bridgehead atoms. The zero-order chi connectivity index (χ0) is 18.3. The summed E-state index contributed by atoms with van der Waals surface area (Å²) < 4.78 is 10.3. The SMILES string of the molecule is C=CC[C@H](NC(=O)OC(C)(C)C)C(=O)Nc1ccc(Cl)c(OC)c1. The number of carbonyl (C=O) groups is 2. The fourth-order valence-electron chi connectivity index (χ4n) is 1.81. The lowest BCUT2D eigenvalue weighted by Crippen LogP contribution is -2.45. The molecule has 1 rings (SSSR count). The van der Waals surface area contributed by atoms with Gasteiger partial charge in [-0.05, 0) is 39.3 Å². The Balaban J connectivity index is 2.79. The van der Waals surface area contributed by atoms with Crippen LogP contribution < -0.4 is 15.4 Å². The van der Waals surface area contributed by atoms with Gasteiger partial charge in [0.05, 0.1) is 12.1 Å². The average molecular weight is 355 g/mol. The first-order valence-corrected chi connectivity index (χ1v) is 7.79. The van der Waals surface area contributed by atoms with Crippen molar-refractivity contribution in [3.63, 3.8) is 0 Å². The van der Waals surface area contributed by atoms with Crippen molar-refractivity contribution in [1.29, 1.82) is 0 Å². The second kappa shape index (κ2) is 8.59. The Labute approximate surface area is 147 Å². The molecule has 2 N–H and O–H groups in total. The normalized spacial score (nSPS) is 12.0. The van der Waals surface area contributed by atoms with E-state index < -0.39 is 23.6 Å². The van der Waals surface area contributed by atoms with Crippen LogP contribution in [-0.2, 0) is 9.53 Å². The zero-order valence-electron chi connectivity index (χ0n) is 14.3. The Morgan fingerprint density at radius 1 is 1.38 bits per heavy atom. The molecular weight excluding hydrogens is 332 g/mol. The molecule has 0 aliphatic carbocycles. The van der Waals surface area contributed by atoms with E-state index in [0.29, 0.717) is 16.5 Å². The van der Waals surface area contributed by atoms with Crippen molar-refractivity contribution in [3.8, 4) is 5.75 Å². The highest BCUT2D eigenvalue weighted by molar-refractivity contribution is 6.32. The molecule has 24 heavy (non-hydrogen) atoms. The van der Waals surface area contributed by atoms with Crippen molar-refractivity contribution in [2.45, 2.75) is 38.8 Å². The number of nitrogens with one attached hydrogen (secondary N) is 2. The van der Waals surface area contributed by atoms with E-state index in [0.717, 1.165) is 0 Å². The van der Waals surface area contributed by atoms with Crippen LogP contribution >= 0.6 is 11.6 Å². The molecule has 132 valence electrons. The third-order valence-corrected chi connectivity index (χ3v) is 3.14. The van der Waals surface area contributed by atoms with Crippen molar-refractivity contribution < 1.29 is 19.1 Å². The fraction of sp³-hybridized carbons (Fsp3) is 0.412. The molecule has 0 heterocycles. The first kappa shape index (κ1) is 19.8. The highest BCUT2D eigenvalue weighted by atomic mass is 35.5. The van der Waals surface area contributed by atoms with Crippen molar-refractivity contribution in [3.05, 3.63) is 35.9 Å². The van der Waals surface area contributed by atoms with E-state index in [9.17, 15) is 9.59 Å². The number of benzene rings is 1. The van der Waals surface area contributed by atoms with Gasteiger partial charge in [-0.3, -0.25) is 4.79 Å². The minimum atomic E-state index is -0.806. The van der Waals surface area contributed by atoms with Crippen LogP contribution in [0.2, 0.25) is 5.02 Å². The summed E-state index contributed by atoms with van der Waals surface area (Å²) in [5.74, 6) is 0.0416. The van der Waals surface area contributed by atoms with Gasteiger partial charge < -0.3 is 20.1 Å². The smallest absolute Gasteiger partial charge is 0.408 e. The van der Waals surface area contributed by atoms with Crippen LogP contribution in [-0.4, -0.2) is 30.8 Å². The Bertz CT molecular complexity index is 611. The lowest BCUT2D eigenvalue weighted by molar-refractivity contribution is -0.118. The minimum Gasteiger partial charge on any atom is -0.495 e. The van der Waals surface area contributed by atoms with Gasteiger partial charge in [0.15, 0.2) is 0 Å². The summed E-state index contributed by atoms with van der Waals surface area (Å²) in [4.78, 5) is 24.2. The molecule has 2 amide bonds. The van der Waals surface area contributed by atoms with E-state index in [4.69, 9.17) is 21.1 Å². The third-order valence-electron chi connectivity index (χ3n) is 2.83. The molecule has 0 spiro atoms. The van der Waals surface area contributed by atoms with E-state index in [2.05, 4.69) is 17.2 Å². The molecule has 7 heteroatoms. The maximum atomic E-state index is 12.4. The Hall–Kier alpha value is -2.21. The zero-order valence-corrected chi connectivity index (χ0v) is 15.1. The molecular formula is C17H23ClN2O4. The predicted octanol–water partition coefficient (Wildman–Crippen LogP) is 3.76.